The minimum Gasteiger partial charge on any atom is -0.378 e. The van der Waals surface area contributed by atoms with Crippen molar-refractivity contribution in [2.24, 2.45) is 5.73 Å². The first-order chi connectivity index (χ1) is 11.2. The summed E-state index contributed by atoms with van der Waals surface area (Å²) >= 11 is 0. The average Bonchev–Trinajstić information content (AvgIpc) is 2.61. The molecule has 1 aromatic heterocycles. The number of ether oxygens (including phenoxy) is 1. The number of hydrogen-bond acceptors (Lipinski definition) is 6. The zero-order chi connectivity index (χ0) is 16.2. The lowest BCUT2D eigenvalue weighted by Gasteiger charge is -2.33. The van der Waals surface area contributed by atoms with Crippen molar-refractivity contribution < 1.29 is 9.53 Å². The van der Waals surface area contributed by atoms with Gasteiger partial charge in [-0.25, -0.2) is 9.97 Å². The minimum absolute atomic E-state index is 0. The number of piperidine rings is 1. The summed E-state index contributed by atoms with van der Waals surface area (Å²) in [5.74, 6) is 2.04. The van der Waals surface area contributed by atoms with Gasteiger partial charge in [-0.2, -0.15) is 0 Å². The van der Waals surface area contributed by atoms with Crippen LogP contribution < -0.4 is 10.6 Å². The Hall–Kier alpha value is -1.15. The van der Waals surface area contributed by atoms with E-state index in [9.17, 15) is 4.79 Å². The maximum Gasteiger partial charge on any atom is 0.236 e. The third-order valence-corrected chi connectivity index (χ3v) is 4.55. The van der Waals surface area contributed by atoms with Gasteiger partial charge in [-0.05, 0) is 19.8 Å². The molecule has 0 bridgehead atoms. The van der Waals surface area contributed by atoms with Crippen LogP contribution in [0.2, 0.25) is 0 Å². The summed E-state index contributed by atoms with van der Waals surface area (Å²) in [5, 5.41) is 0. The molecule has 3 rings (SSSR count). The highest BCUT2D eigenvalue weighted by atomic mass is 35.5. The van der Waals surface area contributed by atoms with E-state index in [0.717, 1.165) is 63.0 Å². The fourth-order valence-corrected chi connectivity index (χ4v) is 3.31. The van der Waals surface area contributed by atoms with E-state index >= 15 is 0 Å². The van der Waals surface area contributed by atoms with Crippen molar-refractivity contribution in [1.82, 2.24) is 14.9 Å². The third kappa shape index (κ3) is 5.41. The lowest BCUT2D eigenvalue weighted by molar-refractivity contribution is -0.130. The van der Waals surface area contributed by atoms with Gasteiger partial charge in [0.15, 0.2) is 0 Å². The van der Waals surface area contributed by atoms with Gasteiger partial charge in [-0.3, -0.25) is 4.79 Å². The van der Waals surface area contributed by atoms with Gasteiger partial charge in [0.25, 0.3) is 0 Å². The van der Waals surface area contributed by atoms with E-state index in [1.54, 1.807) is 0 Å². The second-order valence-electron chi connectivity index (χ2n) is 6.18. The van der Waals surface area contributed by atoms with Crippen molar-refractivity contribution in [2.45, 2.75) is 25.7 Å². The summed E-state index contributed by atoms with van der Waals surface area (Å²) in [6.45, 7) is 6.70. The van der Waals surface area contributed by atoms with Crippen LogP contribution in [0, 0.1) is 6.92 Å². The molecule has 3 heterocycles. The van der Waals surface area contributed by atoms with Crippen LogP contribution in [-0.2, 0) is 9.53 Å². The van der Waals surface area contributed by atoms with Crippen LogP contribution in [0.4, 0.5) is 5.82 Å². The molecule has 142 valence electrons. The minimum atomic E-state index is 0. The molecule has 9 heteroatoms. The monoisotopic (exact) mass is 391 g/mol. The maximum atomic E-state index is 11.9. The van der Waals surface area contributed by atoms with Gasteiger partial charge >= 0.3 is 0 Å². The van der Waals surface area contributed by atoms with Crippen LogP contribution in [-0.4, -0.2) is 66.7 Å². The summed E-state index contributed by atoms with van der Waals surface area (Å²) in [4.78, 5) is 25.2. The fraction of sp³-hybridized carbons (Fsp3) is 0.688. The Morgan fingerprint density at radius 1 is 1.28 bits per heavy atom. The standard InChI is InChI=1S/C16H25N5O2.2ClH/c1-12-18-14(9-15(19-12)20-5-7-23-8-6-20)13-3-2-4-21(11-13)16(22)10-17;;/h9,13H,2-8,10-11,17H2,1H3;2*1H. The van der Waals surface area contributed by atoms with Gasteiger partial charge < -0.3 is 20.3 Å². The van der Waals surface area contributed by atoms with E-state index in [1.807, 2.05) is 11.8 Å². The van der Waals surface area contributed by atoms with Crippen LogP contribution in [0.25, 0.3) is 0 Å². The number of carbonyl (C=O) groups excluding carboxylic acids is 1. The van der Waals surface area contributed by atoms with E-state index < -0.39 is 0 Å². The Bertz CT molecular complexity index is 569. The van der Waals surface area contributed by atoms with Crippen LogP contribution >= 0.6 is 24.8 Å². The van der Waals surface area contributed by atoms with Crippen molar-refractivity contribution in [3.8, 4) is 0 Å². The zero-order valence-electron chi connectivity index (χ0n) is 14.5. The second-order valence-corrected chi connectivity index (χ2v) is 6.18. The Kier molecular flexibility index (Phi) is 8.85. The maximum absolute atomic E-state index is 11.9. The van der Waals surface area contributed by atoms with Gasteiger partial charge in [0.05, 0.1) is 25.5 Å². The summed E-state index contributed by atoms with van der Waals surface area (Å²) in [7, 11) is 0. The summed E-state index contributed by atoms with van der Waals surface area (Å²) in [6.07, 6.45) is 2.04. The molecule has 1 unspecified atom stereocenters. The number of amides is 1. The number of carbonyl (C=O) groups is 1. The quantitative estimate of drug-likeness (QED) is 0.830. The van der Waals surface area contributed by atoms with E-state index in [2.05, 4.69) is 20.9 Å². The summed E-state index contributed by atoms with van der Waals surface area (Å²) < 4.78 is 5.41. The number of aryl methyl sites for hydroxylation is 1. The highest BCUT2D eigenvalue weighted by Gasteiger charge is 2.26. The number of nitrogens with zero attached hydrogens (tertiary/aromatic N) is 4. The summed E-state index contributed by atoms with van der Waals surface area (Å²) in [6, 6.07) is 2.08. The Labute approximate surface area is 161 Å². The molecule has 1 aromatic rings. The van der Waals surface area contributed by atoms with Crippen molar-refractivity contribution in [3.05, 3.63) is 17.6 Å². The molecular weight excluding hydrogens is 365 g/mol. The largest absolute Gasteiger partial charge is 0.378 e. The van der Waals surface area contributed by atoms with Gasteiger partial charge in [-0.1, -0.05) is 0 Å². The predicted octanol–water partition coefficient (Wildman–Crippen LogP) is 1.13. The van der Waals surface area contributed by atoms with Crippen LogP contribution in [0.1, 0.15) is 30.3 Å². The van der Waals surface area contributed by atoms with Gasteiger partial charge in [0.2, 0.25) is 5.91 Å². The van der Waals surface area contributed by atoms with Crippen molar-refractivity contribution in [3.63, 3.8) is 0 Å². The van der Waals surface area contributed by atoms with Gasteiger partial charge in [0.1, 0.15) is 11.6 Å². The first-order valence-electron chi connectivity index (χ1n) is 8.33. The van der Waals surface area contributed by atoms with E-state index in [1.165, 1.54) is 0 Å². The molecule has 1 amide bonds. The number of morpholine rings is 1. The zero-order valence-corrected chi connectivity index (χ0v) is 16.2. The van der Waals surface area contributed by atoms with Crippen LogP contribution in [0.3, 0.4) is 0 Å². The van der Waals surface area contributed by atoms with E-state index in [4.69, 9.17) is 10.5 Å². The van der Waals surface area contributed by atoms with Gasteiger partial charge in [-0.15, -0.1) is 24.8 Å². The fourth-order valence-electron chi connectivity index (χ4n) is 3.31. The predicted molar refractivity (Wildman–Crippen MR) is 102 cm³/mol. The summed E-state index contributed by atoms with van der Waals surface area (Å²) in [5.41, 5.74) is 6.53. The van der Waals surface area contributed by atoms with E-state index in [0.29, 0.717) is 6.54 Å². The molecule has 0 spiro atoms. The number of nitrogens with two attached hydrogens (primary N) is 1. The van der Waals surface area contributed by atoms with Crippen molar-refractivity contribution in [2.75, 3.05) is 50.8 Å². The van der Waals surface area contributed by atoms with Crippen molar-refractivity contribution >= 4 is 36.5 Å². The lowest BCUT2D eigenvalue weighted by Crippen LogP contribution is -2.42. The molecule has 7 nitrogen and oxygen atoms in total. The number of likely N-dealkylation sites (tertiary alicyclic amines) is 1. The lowest BCUT2D eigenvalue weighted by atomic mass is 9.94. The molecule has 25 heavy (non-hydrogen) atoms. The molecule has 0 radical (unpaired) electrons. The van der Waals surface area contributed by atoms with Crippen molar-refractivity contribution in [1.29, 1.82) is 0 Å². The molecule has 2 N–H and O–H groups in total. The van der Waals surface area contributed by atoms with Gasteiger partial charge in [0, 0.05) is 38.2 Å². The molecule has 2 saturated heterocycles. The number of anilines is 1. The molecule has 2 aliphatic heterocycles. The topological polar surface area (TPSA) is 84.6 Å². The molecular formula is C16H27Cl2N5O2. The molecule has 0 saturated carbocycles. The highest BCUT2D eigenvalue weighted by molar-refractivity contribution is 5.85. The first-order valence-corrected chi connectivity index (χ1v) is 8.33. The SMILES string of the molecule is Cc1nc(C2CCCN(C(=O)CN)C2)cc(N2CCOCC2)n1.Cl.Cl. The third-order valence-electron chi connectivity index (χ3n) is 4.55. The number of hydrogen-bond donors (Lipinski definition) is 1. The Balaban J connectivity index is 0.00000156. The molecule has 2 aliphatic rings. The molecule has 0 aromatic carbocycles. The van der Waals surface area contributed by atoms with E-state index in [-0.39, 0.29) is 43.2 Å². The van der Waals surface area contributed by atoms with Crippen LogP contribution in [0.5, 0.6) is 0 Å². The molecule has 0 aliphatic carbocycles. The average molecular weight is 392 g/mol. The molecule has 1 atom stereocenters. The Morgan fingerprint density at radius 2 is 2.00 bits per heavy atom. The second kappa shape index (κ2) is 10.1. The number of aromatic nitrogens is 2. The number of halogens is 2. The smallest absolute Gasteiger partial charge is 0.236 e. The molecule has 2 fully saturated rings. The highest BCUT2D eigenvalue weighted by Crippen LogP contribution is 2.28. The Morgan fingerprint density at radius 3 is 2.68 bits per heavy atom. The van der Waals surface area contributed by atoms with Crippen LogP contribution in [0.15, 0.2) is 6.07 Å². The first kappa shape index (κ1) is 21.9. The number of rotatable bonds is 3. The normalized spacial score (nSPS) is 20.5.